The van der Waals surface area contributed by atoms with E-state index in [1.54, 1.807) is 11.4 Å². The molecule has 1 unspecified atom stereocenters. The monoisotopic (exact) mass is 292 g/mol. The quantitative estimate of drug-likeness (QED) is 0.933. The molecule has 1 aliphatic rings. The van der Waals surface area contributed by atoms with Gasteiger partial charge in [0.2, 0.25) is 0 Å². The first kappa shape index (κ1) is 12.6. The minimum atomic E-state index is -0.901. The number of hydrogen-bond donors (Lipinski definition) is 1. The Kier molecular flexibility index (Phi) is 3.48. The van der Waals surface area contributed by atoms with E-state index in [0.29, 0.717) is 23.2 Å². The summed E-state index contributed by atoms with van der Waals surface area (Å²) in [4.78, 5) is 12.4. The van der Waals surface area contributed by atoms with E-state index in [9.17, 15) is 4.79 Å². The molecule has 0 bridgehead atoms. The van der Waals surface area contributed by atoms with Crippen LogP contribution in [0, 0.1) is 0 Å². The van der Waals surface area contributed by atoms with E-state index in [-0.39, 0.29) is 0 Å². The molecule has 0 aliphatic carbocycles. The number of hydrogen-bond acceptors (Lipinski definition) is 4. The highest BCUT2D eigenvalue weighted by Crippen LogP contribution is 2.39. The van der Waals surface area contributed by atoms with Crippen molar-refractivity contribution >= 4 is 29.1 Å². The molecule has 98 valence electrons. The zero-order valence-electron chi connectivity index (χ0n) is 10.0. The molecule has 1 atom stereocenters. The summed E-state index contributed by atoms with van der Waals surface area (Å²) in [6.07, 6.45) is 0. The Labute approximate surface area is 119 Å². The van der Waals surface area contributed by atoms with E-state index in [1.165, 1.54) is 21.8 Å². The number of aromatic carboxylic acids is 1. The summed E-state index contributed by atoms with van der Waals surface area (Å²) in [6.45, 7) is 0.597. The molecular weight excluding hydrogens is 280 g/mol. The van der Waals surface area contributed by atoms with Gasteiger partial charge in [0, 0.05) is 28.0 Å². The molecular formula is C14H12O3S2. The number of carbonyl (C=O) groups is 1. The van der Waals surface area contributed by atoms with Gasteiger partial charge in [0.1, 0.15) is 10.6 Å². The maximum atomic E-state index is 10.8. The summed E-state index contributed by atoms with van der Waals surface area (Å²) >= 11 is 3.05. The van der Waals surface area contributed by atoms with Gasteiger partial charge in [0.05, 0.1) is 6.61 Å². The molecule has 5 heteroatoms. The third-order valence-corrected chi connectivity index (χ3v) is 5.18. The molecule has 1 aromatic heterocycles. The first-order valence-electron chi connectivity index (χ1n) is 5.90. The number of benzene rings is 1. The minimum Gasteiger partial charge on any atom is -0.492 e. The largest absolute Gasteiger partial charge is 0.492 e. The Morgan fingerprint density at radius 3 is 3.05 bits per heavy atom. The third kappa shape index (κ3) is 2.62. The average Bonchev–Trinajstić information content (AvgIpc) is 3.03. The van der Waals surface area contributed by atoms with Crippen molar-refractivity contribution in [1.82, 2.24) is 0 Å². The maximum absolute atomic E-state index is 10.8. The Morgan fingerprint density at radius 2 is 2.26 bits per heavy atom. The molecule has 3 rings (SSSR count). The minimum absolute atomic E-state index is 0.316. The van der Waals surface area contributed by atoms with Gasteiger partial charge in [-0.15, -0.1) is 23.1 Å². The Bertz CT molecular complexity index is 606. The number of ether oxygens (including phenoxy) is 1. The molecule has 19 heavy (non-hydrogen) atoms. The van der Waals surface area contributed by atoms with Crippen LogP contribution < -0.4 is 4.74 Å². The van der Waals surface area contributed by atoms with Gasteiger partial charge in [-0.25, -0.2) is 4.79 Å². The Morgan fingerprint density at radius 1 is 1.42 bits per heavy atom. The smallest absolute Gasteiger partial charge is 0.346 e. The second-order valence-electron chi connectivity index (χ2n) is 4.31. The second kappa shape index (κ2) is 5.27. The first-order valence-corrected chi connectivity index (χ1v) is 7.77. The Balaban J connectivity index is 1.65. The number of thioether (sulfide) groups is 1. The lowest BCUT2D eigenvalue weighted by atomic mass is 10.0. The van der Waals surface area contributed by atoms with E-state index in [4.69, 9.17) is 9.84 Å². The zero-order valence-corrected chi connectivity index (χ0v) is 11.7. The molecule has 0 saturated heterocycles. The van der Waals surface area contributed by atoms with E-state index in [0.717, 1.165) is 5.75 Å². The van der Waals surface area contributed by atoms with Crippen molar-refractivity contribution in [2.45, 2.75) is 10.8 Å². The topological polar surface area (TPSA) is 46.5 Å². The highest BCUT2D eigenvalue weighted by molar-refractivity contribution is 7.99. The fourth-order valence-electron chi connectivity index (χ4n) is 2.07. The van der Waals surface area contributed by atoms with Gasteiger partial charge < -0.3 is 9.84 Å². The summed E-state index contributed by atoms with van der Waals surface area (Å²) < 4.78 is 5.71. The normalized spacial score (nSPS) is 17.2. The highest BCUT2D eigenvalue weighted by atomic mass is 32.2. The lowest BCUT2D eigenvalue weighted by Crippen LogP contribution is -2.09. The molecule has 0 radical (unpaired) electrons. The van der Waals surface area contributed by atoms with Crippen molar-refractivity contribution in [3.8, 4) is 5.75 Å². The third-order valence-electron chi connectivity index (χ3n) is 3.04. The first-order chi connectivity index (χ1) is 9.24. The van der Waals surface area contributed by atoms with Crippen molar-refractivity contribution in [3.63, 3.8) is 0 Å². The standard InChI is InChI=1S/C14H12O3S2/c15-14(16)13-5-10(8-19-13)17-6-9-7-18-12-4-2-1-3-11(9)12/h1-5,8-9H,6-7H2,(H,15,16). The lowest BCUT2D eigenvalue weighted by molar-refractivity contribution is 0.0702. The number of rotatable bonds is 4. The fourth-order valence-corrected chi connectivity index (χ4v) is 3.97. The van der Waals surface area contributed by atoms with Crippen LogP contribution in [0.3, 0.4) is 0 Å². The molecule has 2 aromatic rings. The molecule has 1 aromatic carbocycles. The number of carboxylic acid groups (broad SMARTS) is 1. The summed E-state index contributed by atoms with van der Waals surface area (Å²) in [5.41, 5.74) is 1.33. The summed E-state index contributed by atoms with van der Waals surface area (Å²) in [5, 5.41) is 10.6. The van der Waals surface area contributed by atoms with Crippen LogP contribution >= 0.6 is 23.1 Å². The molecule has 2 heterocycles. The van der Waals surface area contributed by atoms with Gasteiger partial charge in [-0.3, -0.25) is 0 Å². The van der Waals surface area contributed by atoms with Crippen LogP contribution in [0.4, 0.5) is 0 Å². The summed E-state index contributed by atoms with van der Waals surface area (Å²) in [5.74, 6) is 1.16. The summed E-state index contributed by atoms with van der Waals surface area (Å²) in [7, 11) is 0. The van der Waals surface area contributed by atoms with Crippen LogP contribution in [0.25, 0.3) is 0 Å². The van der Waals surface area contributed by atoms with E-state index in [1.807, 2.05) is 23.9 Å². The van der Waals surface area contributed by atoms with Gasteiger partial charge in [-0.05, 0) is 11.6 Å². The van der Waals surface area contributed by atoms with E-state index in [2.05, 4.69) is 12.1 Å². The fraction of sp³-hybridized carbons (Fsp3) is 0.214. The summed E-state index contributed by atoms with van der Waals surface area (Å²) in [6, 6.07) is 9.95. The van der Waals surface area contributed by atoms with Crippen LogP contribution in [-0.2, 0) is 0 Å². The molecule has 0 saturated carbocycles. The van der Waals surface area contributed by atoms with Gasteiger partial charge in [0.25, 0.3) is 0 Å². The molecule has 1 N–H and O–H groups in total. The number of carboxylic acids is 1. The van der Waals surface area contributed by atoms with Crippen LogP contribution in [0.15, 0.2) is 40.6 Å². The molecule has 0 fully saturated rings. The second-order valence-corrected chi connectivity index (χ2v) is 6.28. The van der Waals surface area contributed by atoms with E-state index >= 15 is 0 Å². The van der Waals surface area contributed by atoms with Gasteiger partial charge >= 0.3 is 5.97 Å². The van der Waals surface area contributed by atoms with Crippen molar-refractivity contribution in [3.05, 3.63) is 46.2 Å². The van der Waals surface area contributed by atoms with E-state index < -0.39 is 5.97 Å². The molecule has 1 aliphatic heterocycles. The van der Waals surface area contributed by atoms with Crippen molar-refractivity contribution in [1.29, 1.82) is 0 Å². The van der Waals surface area contributed by atoms with Gasteiger partial charge in [-0.2, -0.15) is 0 Å². The molecule has 3 nitrogen and oxygen atoms in total. The van der Waals surface area contributed by atoms with Crippen molar-refractivity contribution in [2.75, 3.05) is 12.4 Å². The zero-order chi connectivity index (χ0) is 13.2. The number of fused-ring (bicyclic) bond motifs is 1. The van der Waals surface area contributed by atoms with Crippen molar-refractivity contribution < 1.29 is 14.6 Å². The Hall–Kier alpha value is -1.46. The molecule has 0 amide bonds. The van der Waals surface area contributed by atoms with Crippen LogP contribution in [0.1, 0.15) is 21.2 Å². The van der Waals surface area contributed by atoms with Gasteiger partial charge in [0.15, 0.2) is 0 Å². The van der Waals surface area contributed by atoms with Gasteiger partial charge in [-0.1, -0.05) is 18.2 Å². The molecule has 0 spiro atoms. The average molecular weight is 292 g/mol. The van der Waals surface area contributed by atoms with Crippen molar-refractivity contribution in [2.24, 2.45) is 0 Å². The predicted molar refractivity (Wildman–Crippen MR) is 76.7 cm³/mol. The van der Waals surface area contributed by atoms with Crippen LogP contribution in [0.5, 0.6) is 5.75 Å². The SMILES string of the molecule is O=C(O)c1cc(OCC2CSc3ccccc32)cs1. The predicted octanol–water partition coefficient (Wildman–Crippen LogP) is 3.71. The number of thiophene rings is 1. The van der Waals surface area contributed by atoms with Crippen LogP contribution in [-0.4, -0.2) is 23.4 Å². The lowest BCUT2D eigenvalue weighted by Gasteiger charge is -2.11. The maximum Gasteiger partial charge on any atom is 0.346 e. The highest BCUT2D eigenvalue weighted by Gasteiger charge is 2.23. The van der Waals surface area contributed by atoms with Crippen LogP contribution in [0.2, 0.25) is 0 Å².